The second kappa shape index (κ2) is 4.09. The van der Waals surface area contributed by atoms with Gasteiger partial charge in [-0.2, -0.15) is 0 Å². The summed E-state index contributed by atoms with van der Waals surface area (Å²) in [6, 6.07) is 0. The van der Waals surface area contributed by atoms with Gasteiger partial charge in [0.15, 0.2) is 0 Å². The number of ether oxygens (including phenoxy) is 1. The molecule has 0 spiro atoms. The molecule has 0 unspecified atom stereocenters. The Morgan fingerprint density at radius 3 is 2.25 bits per heavy atom. The first-order chi connectivity index (χ1) is 5.43. The number of hydrogen-bond acceptors (Lipinski definition) is 3. The molecule has 0 bridgehead atoms. The molecule has 0 aliphatic rings. The third-order valence-corrected chi connectivity index (χ3v) is 1.46. The summed E-state index contributed by atoms with van der Waals surface area (Å²) in [5, 5.41) is 0. The highest BCUT2D eigenvalue weighted by Crippen LogP contribution is 2.12. The first-order valence-corrected chi connectivity index (χ1v) is 3.72. The average molecular weight is 173 g/mol. The summed E-state index contributed by atoms with van der Waals surface area (Å²) in [6.45, 7) is 5.59. The fourth-order valence-corrected chi connectivity index (χ4v) is 0.807. The minimum Gasteiger partial charge on any atom is -0.453 e. The van der Waals surface area contributed by atoms with Crippen molar-refractivity contribution in [2.75, 3.05) is 13.7 Å². The Hall–Kier alpha value is -1.06. The molecule has 0 atom stereocenters. The summed E-state index contributed by atoms with van der Waals surface area (Å²) in [6.07, 6.45) is 0.205. The van der Waals surface area contributed by atoms with Crippen molar-refractivity contribution in [2.24, 2.45) is 0 Å². The molecule has 1 amide bonds. The maximum absolute atomic E-state index is 11.1. The highest BCUT2D eigenvalue weighted by Gasteiger charge is 2.26. The quantitative estimate of drug-likeness (QED) is 0.586. The predicted octanol–water partition coefficient (Wildman–Crippen LogP) is 1.05. The van der Waals surface area contributed by atoms with Crippen molar-refractivity contribution < 1.29 is 14.3 Å². The first kappa shape index (κ1) is 10.9. The van der Waals surface area contributed by atoms with E-state index in [1.807, 2.05) is 20.8 Å². The Bertz CT molecular complexity index is 172. The van der Waals surface area contributed by atoms with Crippen molar-refractivity contribution in [3.05, 3.63) is 0 Å². The lowest BCUT2D eigenvalue weighted by atomic mass is 10.1. The van der Waals surface area contributed by atoms with Crippen molar-refractivity contribution >= 4 is 12.4 Å². The third kappa shape index (κ3) is 2.90. The van der Waals surface area contributed by atoms with E-state index >= 15 is 0 Å². The zero-order chi connectivity index (χ0) is 9.78. The standard InChI is InChI=1S/C8H15NO3/c1-8(2,3)9(5-6-10)7(11)12-4/h6H,5H2,1-4H3. The van der Waals surface area contributed by atoms with Gasteiger partial charge in [-0.15, -0.1) is 0 Å². The molecule has 0 aromatic heterocycles. The lowest BCUT2D eigenvalue weighted by Gasteiger charge is -2.32. The third-order valence-electron chi connectivity index (χ3n) is 1.46. The zero-order valence-corrected chi connectivity index (χ0v) is 7.96. The summed E-state index contributed by atoms with van der Waals surface area (Å²) < 4.78 is 4.52. The van der Waals surface area contributed by atoms with Gasteiger partial charge in [0.05, 0.1) is 13.7 Å². The van der Waals surface area contributed by atoms with E-state index in [9.17, 15) is 9.59 Å². The predicted molar refractivity (Wildman–Crippen MR) is 44.9 cm³/mol. The molecule has 4 heteroatoms. The fourth-order valence-electron chi connectivity index (χ4n) is 0.807. The Morgan fingerprint density at radius 1 is 1.50 bits per heavy atom. The van der Waals surface area contributed by atoms with Crippen molar-refractivity contribution in [3.8, 4) is 0 Å². The van der Waals surface area contributed by atoms with Crippen LogP contribution >= 0.6 is 0 Å². The lowest BCUT2D eigenvalue weighted by molar-refractivity contribution is -0.109. The molecule has 0 radical (unpaired) electrons. The van der Waals surface area contributed by atoms with E-state index in [-0.39, 0.29) is 12.1 Å². The van der Waals surface area contributed by atoms with Crippen molar-refractivity contribution in [3.63, 3.8) is 0 Å². The smallest absolute Gasteiger partial charge is 0.410 e. The lowest BCUT2D eigenvalue weighted by Crippen LogP contribution is -2.46. The molecule has 0 aliphatic heterocycles. The van der Waals surface area contributed by atoms with Crippen LogP contribution in [-0.4, -0.2) is 36.5 Å². The number of aldehydes is 1. The number of methoxy groups -OCH3 is 1. The van der Waals surface area contributed by atoms with Crippen molar-refractivity contribution in [1.29, 1.82) is 0 Å². The van der Waals surface area contributed by atoms with Crippen molar-refractivity contribution in [1.82, 2.24) is 4.90 Å². The van der Waals surface area contributed by atoms with E-state index in [2.05, 4.69) is 4.74 Å². The van der Waals surface area contributed by atoms with Crippen LogP contribution in [0.2, 0.25) is 0 Å². The zero-order valence-electron chi connectivity index (χ0n) is 7.96. The normalized spacial score (nSPS) is 10.7. The molecule has 4 nitrogen and oxygen atoms in total. The molecule has 0 rings (SSSR count). The summed E-state index contributed by atoms with van der Waals surface area (Å²) in [7, 11) is 1.30. The Kier molecular flexibility index (Phi) is 3.73. The van der Waals surface area contributed by atoms with E-state index in [4.69, 9.17) is 0 Å². The fraction of sp³-hybridized carbons (Fsp3) is 0.750. The van der Waals surface area contributed by atoms with Gasteiger partial charge in [-0.05, 0) is 20.8 Å². The van der Waals surface area contributed by atoms with E-state index in [0.717, 1.165) is 0 Å². The Morgan fingerprint density at radius 2 is 2.00 bits per heavy atom. The van der Waals surface area contributed by atoms with Crippen molar-refractivity contribution in [2.45, 2.75) is 26.3 Å². The maximum atomic E-state index is 11.1. The molecule has 70 valence electrons. The van der Waals surface area contributed by atoms with Gasteiger partial charge in [-0.1, -0.05) is 0 Å². The molecule has 0 saturated heterocycles. The molecule has 0 N–H and O–H groups in total. The van der Waals surface area contributed by atoms with Crippen LogP contribution < -0.4 is 0 Å². The van der Waals surface area contributed by atoms with Crippen LogP contribution in [0.4, 0.5) is 4.79 Å². The van der Waals surface area contributed by atoms with Crippen LogP contribution in [0.25, 0.3) is 0 Å². The minimum absolute atomic E-state index is 0.0656. The molecular weight excluding hydrogens is 158 g/mol. The van der Waals surface area contributed by atoms with Crippen LogP contribution in [0.1, 0.15) is 20.8 Å². The second-order valence-corrected chi connectivity index (χ2v) is 3.42. The SMILES string of the molecule is COC(=O)N(CC=O)C(C)(C)C. The molecule has 12 heavy (non-hydrogen) atoms. The molecule has 0 aromatic rings. The Balaban J connectivity index is 4.43. The van der Waals surface area contributed by atoms with Gasteiger partial charge >= 0.3 is 6.09 Å². The van der Waals surface area contributed by atoms with Gasteiger partial charge in [0.2, 0.25) is 0 Å². The number of carbonyl (C=O) groups is 2. The van der Waals surface area contributed by atoms with E-state index in [1.165, 1.54) is 12.0 Å². The monoisotopic (exact) mass is 173 g/mol. The van der Waals surface area contributed by atoms with Gasteiger partial charge in [-0.25, -0.2) is 4.79 Å². The number of nitrogens with zero attached hydrogens (tertiary/aromatic N) is 1. The summed E-state index contributed by atoms with van der Waals surface area (Å²) in [4.78, 5) is 22.7. The minimum atomic E-state index is -0.477. The van der Waals surface area contributed by atoms with Gasteiger partial charge in [0.25, 0.3) is 0 Å². The summed E-state index contributed by atoms with van der Waals surface area (Å²) >= 11 is 0. The topological polar surface area (TPSA) is 46.6 Å². The highest BCUT2D eigenvalue weighted by atomic mass is 16.5. The highest BCUT2D eigenvalue weighted by molar-refractivity contribution is 5.72. The number of rotatable bonds is 2. The van der Waals surface area contributed by atoms with Crippen LogP contribution in [0, 0.1) is 0 Å². The van der Waals surface area contributed by atoms with Gasteiger partial charge in [0.1, 0.15) is 6.29 Å². The van der Waals surface area contributed by atoms with Crippen LogP contribution in [-0.2, 0) is 9.53 Å². The molecule has 0 aromatic carbocycles. The molecule has 0 heterocycles. The van der Waals surface area contributed by atoms with E-state index < -0.39 is 6.09 Å². The number of hydrogen-bond donors (Lipinski definition) is 0. The van der Waals surface area contributed by atoms with Crippen LogP contribution in [0.5, 0.6) is 0 Å². The van der Waals surface area contributed by atoms with Gasteiger partial charge in [0, 0.05) is 5.54 Å². The van der Waals surface area contributed by atoms with E-state index in [1.54, 1.807) is 0 Å². The Labute approximate surface area is 72.5 Å². The van der Waals surface area contributed by atoms with Gasteiger partial charge in [-0.3, -0.25) is 4.90 Å². The van der Waals surface area contributed by atoms with E-state index in [0.29, 0.717) is 6.29 Å². The number of carbonyl (C=O) groups excluding carboxylic acids is 2. The molecule has 0 fully saturated rings. The summed E-state index contributed by atoms with van der Waals surface area (Å²) in [5.41, 5.74) is -0.381. The maximum Gasteiger partial charge on any atom is 0.410 e. The summed E-state index contributed by atoms with van der Waals surface area (Å²) in [5.74, 6) is 0. The second-order valence-electron chi connectivity index (χ2n) is 3.42. The number of amides is 1. The molecule has 0 aliphatic carbocycles. The van der Waals surface area contributed by atoms with Crippen LogP contribution in [0.15, 0.2) is 0 Å². The average Bonchev–Trinajstić information content (AvgIpc) is 1.96. The molecule has 0 saturated carbocycles. The molecular formula is C8H15NO3. The first-order valence-electron chi connectivity index (χ1n) is 3.72. The van der Waals surface area contributed by atoms with Crippen LogP contribution in [0.3, 0.4) is 0 Å². The van der Waals surface area contributed by atoms with Gasteiger partial charge < -0.3 is 9.53 Å². The largest absolute Gasteiger partial charge is 0.453 e.